The van der Waals surface area contributed by atoms with Crippen LogP contribution >= 0.6 is 11.3 Å². The van der Waals surface area contributed by atoms with E-state index in [2.05, 4.69) is 28.8 Å². The molecule has 0 spiro atoms. The van der Waals surface area contributed by atoms with Crippen molar-refractivity contribution in [2.45, 2.75) is 13.3 Å². The third-order valence-electron chi connectivity index (χ3n) is 4.55. The van der Waals surface area contributed by atoms with Gasteiger partial charge in [-0.25, -0.2) is 4.98 Å². The first-order valence-corrected chi connectivity index (χ1v) is 9.17. The molecule has 0 aliphatic heterocycles. The molecule has 1 aromatic carbocycles. The highest BCUT2D eigenvalue weighted by Gasteiger charge is 2.11. The summed E-state index contributed by atoms with van der Waals surface area (Å²) < 4.78 is 8.66. The van der Waals surface area contributed by atoms with Crippen LogP contribution in [0, 0.1) is 0 Å². The SMILES string of the molecule is COC1=CCC=c2c(sc3nc(-c4ccc(N(C)C(C)=O)cc4)cn23)=C1. The van der Waals surface area contributed by atoms with E-state index in [0.717, 1.165) is 44.0 Å². The van der Waals surface area contributed by atoms with Crippen LogP contribution < -0.4 is 14.8 Å². The fraction of sp³-hybridized carbons (Fsp3) is 0.200. The molecule has 0 radical (unpaired) electrons. The molecule has 2 heterocycles. The molecule has 1 aliphatic carbocycles. The molecule has 5 nitrogen and oxygen atoms in total. The highest BCUT2D eigenvalue weighted by atomic mass is 32.1. The normalized spacial score (nSPS) is 13.3. The Bertz CT molecular complexity index is 1140. The maximum Gasteiger partial charge on any atom is 0.223 e. The van der Waals surface area contributed by atoms with Crippen molar-refractivity contribution in [3.05, 3.63) is 52.2 Å². The second-order valence-corrected chi connectivity index (χ2v) is 7.16. The predicted molar refractivity (Wildman–Crippen MR) is 105 cm³/mol. The van der Waals surface area contributed by atoms with Gasteiger partial charge in [0.25, 0.3) is 0 Å². The number of anilines is 1. The summed E-state index contributed by atoms with van der Waals surface area (Å²) in [6, 6.07) is 7.89. The predicted octanol–water partition coefficient (Wildman–Crippen LogP) is 2.54. The van der Waals surface area contributed by atoms with Gasteiger partial charge in [-0.05, 0) is 30.7 Å². The van der Waals surface area contributed by atoms with Crippen molar-refractivity contribution in [3.8, 4) is 11.3 Å². The molecule has 0 N–H and O–H groups in total. The molecule has 0 saturated heterocycles. The minimum absolute atomic E-state index is 0.0128. The smallest absolute Gasteiger partial charge is 0.223 e. The van der Waals surface area contributed by atoms with Crippen LogP contribution in [0.15, 0.2) is 42.3 Å². The largest absolute Gasteiger partial charge is 0.497 e. The number of rotatable bonds is 3. The minimum Gasteiger partial charge on any atom is -0.497 e. The third kappa shape index (κ3) is 2.82. The number of imidazole rings is 1. The summed E-state index contributed by atoms with van der Waals surface area (Å²) in [6.07, 6.45) is 9.22. The molecule has 1 aliphatic rings. The average Bonchev–Trinajstić information content (AvgIpc) is 3.12. The lowest BCUT2D eigenvalue weighted by Crippen LogP contribution is -2.23. The van der Waals surface area contributed by atoms with Crippen molar-refractivity contribution in [1.82, 2.24) is 9.38 Å². The van der Waals surface area contributed by atoms with Crippen molar-refractivity contribution in [1.29, 1.82) is 0 Å². The number of methoxy groups -OCH3 is 1. The maximum absolute atomic E-state index is 11.5. The zero-order chi connectivity index (χ0) is 18.3. The number of aromatic nitrogens is 2. The van der Waals surface area contributed by atoms with Gasteiger partial charge in [0, 0.05) is 31.4 Å². The molecular weight excluding hydrogens is 346 g/mol. The van der Waals surface area contributed by atoms with E-state index in [0.29, 0.717) is 0 Å². The summed E-state index contributed by atoms with van der Waals surface area (Å²) in [5, 5.41) is 1.15. The van der Waals surface area contributed by atoms with E-state index in [-0.39, 0.29) is 5.91 Å². The molecule has 132 valence electrons. The van der Waals surface area contributed by atoms with Crippen LogP contribution in [-0.4, -0.2) is 29.4 Å². The van der Waals surface area contributed by atoms with Gasteiger partial charge in [0.1, 0.15) is 5.76 Å². The van der Waals surface area contributed by atoms with Crippen LogP contribution in [0.25, 0.3) is 28.4 Å². The topological polar surface area (TPSA) is 46.8 Å². The number of benzene rings is 1. The Balaban J connectivity index is 1.74. The molecular formula is C20H19N3O2S. The van der Waals surface area contributed by atoms with Gasteiger partial charge < -0.3 is 9.64 Å². The van der Waals surface area contributed by atoms with Gasteiger partial charge in [0.2, 0.25) is 5.91 Å². The van der Waals surface area contributed by atoms with Gasteiger partial charge in [-0.3, -0.25) is 9.20 Å². The van der Waals surface area contributed by atoms with Crippen molar-refractivity contribution in [2.75, 3.05) is 19.1 Å². The number of nitrogens with zero attached hydrogens (tertiary/aromatic N) is 3. The van der Waals surface area contributed by atoms with Crippen LogP contribution in [0.3, 0.4) is 0 Å². The van der Waals surface area contributed by atoms with Crippen LogP contribution in [-0.2, 0) is 9.53 Å². The highest BCUT2D eigenvalue weighted by Crippen LogP contribution is 2.23. The van der Waals surface area contributed by atoms with Gasteiger partial charge in [-0.15, -0.1) is 0 Å². The van der Waals surface area contributed by atoms with Crippen LogP contribution in [0.1, 0.15) is 13.3 Å². The summed E-state index contributed by atoms with van der Waals surface area (Å²) in [7, 11) is 3.46. The van der Waals surface area contributed by atoms with E-state index >= 15 is 0 Å². The van der Waals surface area contributed by atoms with E-state index in [1.165, 1.54) is 0 Å². The summed E-state index contributed by atoms with van der Waals surface area (Å²) in [5.41, 5.74) is 2.83. The fourth-order valence-corrected chi connectivity index (χ4v) is 4.02. The summed E-state index contributed by atoms with van der Waals surface area (Å²) in [5.74, 6) is 0.897. The fourth-order valence-electron chi connectivity index (χ4n) is 2.97. The van der Waals surface area contributed by atoms with Crippen molar-refractivity contribution >= 4 is 40.0 Å². The van der Waals surface area contributed by atoms with E-state index < -0.39 is 0 Å². The second kappa shape index (κ2) is 6.46. The minimum atomic E-state index is 0.0128. The third-order valence-corrected chi connectivity index (χ3v) is 5.57. The Hall–Kier alpha value is -2.86. The first-order valence-electron chi connectivity index (χ1n) is 8.35. The number of thiazole rings is 1. The van der Waals surface area contributed by atoms with Gasteiger partial charge in [0.05, 0.1) is 22.7 Å². The molecule has 3 aromatic rings. The molecule has 26 heavy (non-hydrogen) atoms. The Morgan fingerprint density at radius 2 is 2.04 bits per heavy atom. The average molecular weight is 365 g/mol. The van der Waals surface area contributed by atoms with Gasteiger partial charge >= 0.3 is 0 Å². The monoisotopic (exact) mass is 365 g/mol. The molecule has 4 rings (SSSR count). The van der Waals surface area contributed by atoms with Gasteiger partial charge in [-0.1, -0.05) is 29.5 Å². The van der Waals surface area contributed by atoms with Gasteiger partial charge in [-0.2, -0.15) is 0 Å². The second-order valence-electron chi connectivity index (χ2n) is 6.15. The zero-order valence-electron chi connectivity index (χ0n) is 14.9. The van der Waals surface area contributed by atoms with Crippen molar-refractivity contribution in [3.63, 3.8) is 0 Å². The standard InChI is InChI=1S/C20H19N3O2S/c1-13(24)22(2)15-9-7-14(8-10-15)17-12-23-18-6-4-5-16(25-3)11-19(18)26-20(23)21-17/h5-12H,4H2,1-3H3. The van der Waals surface area contributed by atoms with Gasteiger partial charge in [0.15, 0.2) is 4.96 Å². The molecule has 2 aromatic heterocycles. The number of hydrogen-bond donors (Lipinski definition) is 0. The number of ether oxygens (including phenoxy) is 1. The number of amides is 1. The number of carbonyl (C=O) groups is 1. The molecule has 0 bridgehead atoms. The van der Waals surface area contributed by atoms with Crippen molar-refractivity contribution in [2.24, 2.45) is 0 Å². The lowest BCUT2D eigenvalue weighted by atomic mass is 10.1. The number of carbonyl (C=O) groups excluding carboxylic acids is 1. The Morgan fingerprint density at radius 3 is 2.73 bits per heavy atom. The number of allylic oxidation sites excluding steroid dienone is 2. The number of fused-ring (bicyclic) bond motifs is 3. The molecule has 1 amide bonds. The Morgan fingerprint density at radius 1 is 1.27 bits per heavy atom. The Labute approximate surface area is 155 Å². The van der Waals surface area contributed by atoms with E-state index in [1.807, 2.05) is 24.3 Å². The van der Waals surface area contributed by atoms with E-state index in [4.69, 9.17) is 9.72 Å². The van der Waals surface area contributed by atoms with E-state index in [9.17, 15) is 4.79 Å². The lowest BCUT2D eigenvalue weighted by molar-refractivity contribution is -0.116. The maximum atomic E-state index is 11.5. The molecule has 0 saturated carbocycles. The quantitative estimate of drug-likeness (QED) is 0.717. The molecule has 0 fully saturated rings. The number of hydrogen-bond acceptors (Lipinski definition) is 4. The van der Waals surface area contributed by atoms with Crippen LogP contribution in [0.5, 0.6) is 0 Å². The summed E-state index contributed by atoms with van der Waals surface area (Å²) in [6.45, 7) is 1.56. The highest BCUT2D eigenvalue weighted by molar-refractivity contribution is 7.15. The van der Waals surface area contributed by atoms with Crippen molar-refractivity contribution < 1.29 is 9.53 Å². The Kier molecular flexibility index (Phi) is 4.12. The molecule has 0 unspecified atom stereocenters. The van der Waals surface area contributed by atoms with E-state index in [1.54, 1.807) is 37.3 Å². The molecule has 6 heteroatoms. The first-order chi connectivity index (χ1) is 12.6. The summed E-state index contributed by atoms with van der Waals surface area (Å²) >= 11 is 1.65. The zero-order valence-corrected chi connectivity index (χ0v) is 15.7. The lowest BCUT2D eigenvalue weighted by Gasteiger charge is -2.14. The molecule has 0 atom stereocenters. The van der Waals surface area contributed by atoms with Crippen LogP contribution in [0.2, 0.25) is 0 Å². The summed E-state index contributed by atoms with van der Waals surface area (Å²) in [4.78, 5) is 18.8. The van der Waals surface area contributed by atoms with Crippen LogP contribution in [0.4, 0.5) is 5.69 Å². The first kappa shape index (κ1) is 16.6.